The van der Waals surface area contributed by atoms with E-state index in [1.54, 1.807) is 26.0 Å². The molecule has 1 N–H and O–H groups in total. The highest BCUT2D eigenvalue weighted by Gasteiger charge is 2.34. The van der Waals surface area contributed by atoms with Gasteiger partial charge in [0.15, 0.2) is 0 Å². The maximum absolute atomic E-state index is 13.6. The van der Waals surface area contributed by atoms with Gasteiger partial charge in [-0.2, -0.15) is 13.2 Å². The first-order valence-electron chi connectivity index (χ1n) is 10.7. The summed E-state index contributed by atoms with van der Waals surface area (Å²) in [4.78, 5) is 13.3. The lowest BCUT2D eigenvalue weighted by Crippen LogP contribution is -2.17. The topological polar surface area (TPSA) is 34.0 Å². The van der Waals surface area contributed by atoms with Gasteiger partial charge in [-0.25, -0.2) is 0 Å². The largest absolute Gasteiger partial charge is 0.418 e. The Morgan fingerprint density at radius 3 is 2.00 bits per heavy atom. The molecule has 1 aromatic heterocycles. The number of aromatic nitrogens is 1. The first kappa shape index (κ1) is 23.6. The summed E-state index contributed by atoms with van der Waals surface area (Å²) in [6, 6.07) is 13.0. The zero-order valence-corrected chi connectivity index (χ0v) is 19.3. The summed E-state index contributed by atoms with van der Waals surface area (Å²) in [6.07, 6.45) is -4.50. The van der Waals surface area contributed by atoms with Crippen LogP contribution in [0.5, 0.6) is 0 Å². The Labute approximate surface area is 187 Å². The van der Waals surface area contributed by atoms with E-state index >= 15 is 0 Å². The Bertz CT molecular complexity index is 1110. The molecular formula is C26H29F3N2O. The number of carbonyl (C=O) groups is 1. The summed E-state index contributed by atoms with van der Waals surface area (Å²) >= 11 is 0. The van der Waals surface area contributed by atoms with Crippen LogP contribution < -0.4 is 5.32 Å². The number of aryl methyl sites for hydroxylation is 1. The number of alkyl halides is 3. The van der Waals surface area contributed by atoms with Gasteiger partial charge in [-0.05, 0) is 55.0 Å². The predicted molar refractivity (Wildman–Crippen MR) is 123 cm³/mol. The second kappa shape index (κ2) is 8.85. The molecule has 1 amide bonds. The summed E-state index contributed by atoms with van der Waals surface area (Å²) in [6.45, 7) is 11.6. The van der Waals surface area contributed by atoms with E-state index in [9.17, 15) is 18.0 Å². The van der Waals surface area contributed by atoms with Crippen molar-refractivity contribution in [1.29, 1.82) is 0 Å². The molecule has 0 bridgehead atoms. The van der Waals surface area contributed by atoms with Crippen molar-refractivity contribution >= 4 is 11.6 Å². The number of nitrogens with zero attached hydrogens (tertiary/aromatic N) is 1. The third-order valence-electron chi connectivity index (χ3n) is 5.74. The molecular weight excluding hydrogens is 413 g/mol. The average Bonchev–Trinajstić information content (AvgIpc) is 3.01. The van der Waals surface area contributed by atoms with E-state index in [4.69, 9.17) is 0 Å². The van der Waals surface area contributed by atoms with Gasteiger partial charge in [-0.3, -0.25) is 4.79 Å². The van der Waals surface area contributed by atoms with Gasteiger partial charge in [0, 0.05) is 17.1 Å². The molecule has 3 rings (SSSR count). The molecule has 6 heteroatoms. The Morgan fingerprint density at radius 2 is 1.47 bits per heavy atom. The van der Waals surface area contributed by atoms with Crippen LogP contribution >= 0.6 is 0 Å². The number of carbonyl (C=O) groups excluding carboxylic acids is 1. The Balaban J connectivity index is 2.08. The quantitative estimate of drug-likeness (QED) is 0.433. The highest BCUT2D eigenvalue weighted by atomic mass is 19.4. The molecule has 0 radical (unpaired) electrons. The molecule has 0 spiro atoms. The average molecular weight is 443 g/mol. The van der Waals surface area contributed by atoms with Gasteiger partial charge in [0.2, 0.25) is 0 Å². The molecule has 3 nitrogen and oxygen atoms in total. The van der Waals surface area contributed by atoms with Crippen LogP contribution in [-0.4, -0.2) is 10.5 Å². The van der Waals surface area contributed by atoms with Crippen LogP contribution in [0.3, 0.4) is 0 Å². The van der Waals surface area contributed by atoms with Crippen molar-refractivity contribution in [3.05, 3.63) is 82.2 Å². The van der Waals surface area contributed by atoms with Crippen LogP contribution in [0.2, 0.25) is 0 Å². The second-order valence-corrected chi connectivity index (χ2v) is 8.71. The fraction of sp³-hybridized carbons (Fsp3) is 0.346. The summed E-state index contributed by atoms with van der Waals surface area (Å²) in [5.74, 6) is 0.0778. The minimum Gasteiger partial charge on any atom is -0.321 e. The molecule has 1 heterocycles. The molecule has 3 aromatic rings. The van der Waals surface area contributed by atoms with Gasteiger partial charge in [0.25, 0.3) is 5.91 Å². The van der Waals surface area contributed by atoms with E-state index in [1.165, 1.54) is 16.7 Å². The summed E-state index contributed by atoms with van der Waals surface area (Å²) < 4.78 is 42.3. The van der Waals surface area contributed by atoms with Crippen molar-refractivity contribution in [2.75, 3.05) is 5.32 Å². The van der Waals surface area contributed by atoms with Gasteiger partial charge in [0.1, 0.15) is 0 Å². The SMILES string of the molecule is Cc1cc(C(=O)Nc2c(C(C)C)cccc2C(C)C)c(C)n1-c1ccccc1C(F)(F)F. The Hall–Kier alpha value is -3.02. The third kappa shape index (κ3) is 4.45. The van der Waals surface area contributed by atoms with Crippen LogP contribution in [0.1, 0.15) is 78.0 Å². The molecule has 0 unspecified atom stereocenters. The molecule has 0 aliphatic heterocycles. The number of anilines is 1. The van der Waals surface area contributed by atoms with Gasteiger partial charge >= 0.3 is 6.18 Å². The summed E-state index contributed by atoms with van der Waals surface area (Å²) in [5.41, 5.74) is 3.49. The van der Waals surface area contributed by atoms with Gasteiger partial charge in [-0.1, -0.05) is 58.0 Å². The molecule has 0 atom stereocenters. The van der Waals surface area contributed by atoms with E-state index in [2.05, 4.69) is 33.0 Å². The third-order valence-corrected chi connectivity index (χ3v) is 5.74. The fourth-order valence-corrected chi connectivity index (χ4v) is 4.15. The van der Waals surface area contributed by atoms with Crippen molar-refractivity contribution in [2.24, 2.45) is 0 Å². The first-order chi connectivity index (χ1) is 14.9. The van der Waals surface area contributed by atoms with Crippen molar-refractivity contribution in [1.82, 2.24) is 4.57 Å². The van der Waals surface area contributed by atoms with E-state index in [0.717, 1.165) is 22.9 Å². The monoisotopic (exact) mass is 442 g/mol. The zero-order chi connectivity index (χ0) is 23.8. The van der Waals surface area contributed by atoms with Crippen molar-refractivity contribution in [3.63, 3.8) is 0 Å². The number of hydrogen-bond donors (Lipinski definition) is 1. The smallest absolute Gasteiger partial charge is 0.321 e. The van der Waals surface area contributed by atoms with Crippen LogP contribution in [0.25, 0.3) is 5.69 Å². The number of halogens is 3. The fourth-order valence-electron chi connectivity index (χ4n) is 4.15. The molecule has 32 heavy (non-hydrogen) atoms. The summed E-state index contributed by atoms with van der Waals surface area (Å²) in [7, 11) is 0. The minimum atomic E-state index is -4.50. The van der Waals surface area contributed by atoms with Crippen LogP contribution in [0, 0.1) is 13.8 Å². The molecule has 0 aliphatic carbocycles. The van der Waals surface area contributed by atoms with Crippen LogP contribution in [0.15, 0.2) is 48.5 Å². The molecule has 0 aliphatic rings. The maximum atomic E-state index is 13.6. The zero-order valence-electron chi connectivity index (χ0n) is 19.3. The standard InChI is InChI=1S/C26H29F3N2O/c1-15(2)19-10-9-11-20(16(3)4)24(19)30-25(32)21-14-17(5)31(18(21)6)23-13-8-7-12-22(23)26(27,28)29/h7-16H,1-6H3,(H,30,32). The van der Waals surface area contributed by atoms with Crippen molar-refractivity contribution < 1.29 is 18.0 Å². The molecule has 2 aromatic carbocycles. The van der Waals surface area contributed by atoms with Crippen molar-refractivity contribution in [2.45, 2.75) is 59.6 Å². The first-order valence-corrected chi connectivity index (χ1v) is 10.7. The summed E-state index contributed by atoms with van der Waals surface area (Å²) in [5, 5.41) is 3.06. The lowest BCUT2D eigenvalue weighted by molar-refractivity contribution is -0.137. The van der Waals surface area contributed by atoms with Gasteiger partial charge in [0.05, 0.1) is 16.8 Å². The Morgan fingerprint density at radius 1 is 0.906 bits per heavy atom. The minimum absolute atomic E-state index is 0.0134. The van der Waals surface area contributed by atoms with Crippen LogP contribution in [0.4, 0.5) is 18.9 Å². The lowest BCUT2D eigenvalue weighted by atomic mass is 9.92. The highest BCUT2D eigenvalue weighted by molar-refractivity contribution is 6.06. The number of para-hydroxylation sites is 2. The Kier molecular flexibility index (Phi) is 6.54. The van der Waals surface area contributed by atoms with E-state index < -0.39 is 11.7 Å². The maximum Gasteiger partial charge on any atom is 0.418 e. The number of rotatable bonds is 5. The molecule has 0 saturated carbocycles. The number of benzene rings is 2. The number of nitrogens with one attached hydrogen (secondary N) is 1. The van der Waals surface area contributed by atoms with E-state index in [-0.39, 0.29) is 23.4 Å². The number of amides is 1. The molecule has 170 valence electrons. The molecule has 0 fully saturated rings. The van der Waals surface area contributed by atoms with E-state index in [0.29, 0.717) is 17.0 Å². The normalized spacial score (nSPS) is 12.0. The second-order valence-electron chi connectivity index (χ2n) is 8.71. The van der Waals surface area contributed by atoms with Gasteiger partial charge in [-0.15, -0.1) is 0 Å². The highest BCUT2D eigenvalue weighted by Crippen LogP contribution is 2.36. The van der Waals surface area contributed by atoms with Crippen molar-refractivity contribution in [3.8, 4) is 5.69 Å². The molecule has 0 saturated heterocycles. The number of hydrogen-bond acceptors (Lipinski definition) is 1. The van der Waals surface area contributed by atoms with Gasteiger partial charge < -0.3 is 9.88 Å². The predicted octanol–water partition coefficient (Wildman–Crippen LogP) is 7.61. The van der Waals surface area contributed by atoms with Crippen LogP contribution in [-0.2, 0) is 6.18 Å². The van der Waals surface area contributed by atoms with E-state index in [1.807, 2.05) is 18.2 Å². The lowest BCUT2D eigenvalue weighted by Gasteiger charge is -2.20.